The van der Waals surface area contributed by atoms with Crippen LogP contribution >= 0.6 is 11.3 Å². The van der Waals surface area contributed by atoms with E-state index in [0.717, 1.165) is 12.0 Å². The van der Waals surface area contributed by atoms with Gasteiger partial charge in [-0.1, -0.05) is 0 Å². The maximum atomic E-state index is 6.01. The van der Waals surface area contributed by atoms with Gasteiger partial charge in [-0.3, -0.25) is 0 Å². The Morgan fingerprint density at radius 3 is 2.35 bits per heavy atom. The van der Waals surface area contributed by atoms with Crippen LogP contribution in [0.2, 0.25) is 0 Å². The SMILES string of the molecule is CNCc1cc(B2OC(C)(C)C(C)(C)O2)cs1. The van der Waals surface area contributed by atoms with Crippen LogP contribution in [0.4, 0.5) is 0 Å². The van der Waals surface area contributed by atoms with Crippen molar-refractivity contribution in [1.29, 1.82) is 0 Å². The summed E-state index contributed by atoms with van der Waals surface area (Å²) in [4.78, 5) is 1.30. The van der Waals surface area contributed by atoms with Gasteiger partial charge in [0.2, 0.25) is 0 Å². The second-order valence-corrected chi connectivity index (χ2v) is 6.46. The van der Waals surface area contributed by atoms with Crippen molar-refractivity contribution < 1.29 is 9.31 Å². The molecule has 0 radical (unpaired) electrons. The first-order valence-corrected chi connectivity index (χ1v) is 6.81. The molecule has 0 spiro atoms. The maximum Gasteiger partial charge on any atom is 0.495 e. The van der Waals surface area contributed by atoms with E-state index < -0.39 is 0 Å². The Kier molecular flexibility index (Phi) is 3.38. The van der Waals surface area contributed by atoms with E-state index in [2.05, 4.69) is 44.5 Å². The van der Waals surface area contributed by atoms with E-state index in [1.165, 1.54) is 4.88 Å². The van der Waals surface area contributed by atoms with Crippen LogP contribution in [0.5, 0.6) is 0 Å². The summed E-state index contributed by atoms with van der Waals surface area (Å²) >= 11 is 1.74. The van der Waals surface area contributed by atoms with Gasteiger partial charge in [0.05, 0.1) is 11.2 Å². The van der Waals surface area contributed by atoms with Crippen LogP contribution in [-0.4, -0.2) is 25.4 Å². The van der Waals surface area contributed by atoms with Crippen LogP contribution in [0.25, 0.3) is 0 Å². The molecule has 1 fully saturated rings. The fraction of sp³-hybridized carbons (Fsp3) is 0.667. The predicted octanol–water partition coefficient (Wildman–Crippen LogP) is 1.77. The van der Waals surface area contributed by atoms with E-state index in [1.807, 2.05) is 7.05 Å². The fourth-order valence-electron chi connectivity index (χ4n) is 1.77. The Hall–Kier alpha value is -0.355. The molecule has 0 aromatic carbocycles. The third-order valence-corrected chi connectivity index (χ3v) is 4.51. The largest absolute Gasteiger partial charge is 0.495 e. The van der Waals surface area contributed by atoms with Gasteiger partial charge >= 0.3 is 7.12 Å². The van der Waals surface area contributed by atoms with Gasteiger partial charge in [-0.15, -0.1) is 11.3 Å². The van der Waals surface area contributed by atoms with Gasteiger partial charge in [-0.2, -0.15) is 0 Å². The molecule has 1 aromatic rings. The Labute approximate surface area is 108 Å². The highest BCUT2D eigenvalue weighted by atomic mass is 32.1. The second kappa shape index (κ2) is 4.39. The fourth-order valence-corrected chi connectivity index (χ4v) is 2.67. The zero-order valence-corrected chi connectivity index (χ0v) is 12.0. The summed E-state index contributed by atoms with van der Waals surface area (Å²) in [5.41, 5.74) is 0.602. The molecule has 1 aliphatic heterocycles. The second-order valence-electron chi connectivity index (χ2n) is 5.46. The first-order valence-electron chi connectivity index (χ1n) is 5.93. The molecule has 0 atom stereocenters. The monoisotopic (exact) mass is 253 g/mol. The summed E-state index contributed by atoms with van der Waals surface area (Å²) in [6.45, 7) is 9.20. The Morgan fingerprint density at radius 1 is 1.24 bits per heavy atom. The average Bonchev–Trinajstić information content (AvgIpc) is 2.71. The Balaban J connectivity index is 2.14. The van der Waals surface area contributed by atoms with Gasteiger partial charge in [-0.25, -0.2) is 0 Å². The highest BCUT2D eigenvalue weighted by molar-refractivity contribution is 7.11. The molecule has 94 valence electrons. The molecule has 1 aromatic heterocycles. The van der Waals surface area contributed by atoms with Gasteiger partial charge in [-0.05, 0) is 51.7 Å². The van der Waals surface area contributed by atoms with E-state index in [0.29, 0.717) is 0 Å². The molecule has 0 saturated carbocycles. The minimum absolute atomic E-state index is 0.234. The van der Waals surface area contributed by atoms with Crippen molar-refractivity contribution >= 4 is 23.9 Å². The quantitative estimate of drug-likeness (QED) is 0.833. The lowest BCUT2D eigenvalue weighted by molar-refractivity contribution is 0.00578. The van der Waals surface area contributed by atoms with E-state index in [1.54, 1.807) is 11.3 Å². The van der Waals surface area contributed by atoms with Crippen molar-refractivity contribution in [1.82, 2.24) is 5.32 Å². The zero-order valence-electron chi connectivity index (χ0n) is 11.2. The highest BCUT2D eigenvalue weighted by Gasteiger charge is 2.51. The van der Waals surface area contributed by atoms with E-state index >= 15 is 0 Å². The van der Waals surface area contributed by atoms with Crippen LogP contribution in [0, 0.1) is 0 Å². The number of rotatable bonds is 3. The van der Waals surface area contributed by atoms with E-state index in [9.17, 15) is 0 Å². The summed E-state index contributed by atoms with van der Waals surface area (Å²) in [6.07, 6.45) is 0. The molecular formula is C12H20BNO2S. The van der Waals surface area contributed by atoms with Crippen molar-refractivity contribution in [2.45, 2.75) is 45.4 Å². The zero-order chi connectivity index (χ0) is 12.7. The molecule has 0 bridgehead atoms. The normalized spacial score (nSPS) is 22.1. The summed E-state index contributed by atoms with van der Waals surface area (Å²) < 4.78 is 12.0. The van der Waals surface area contributed by atoms with Crippen LogP contribution in [-0.2, 0) is 15.9 Å². The standard InChI is InChI=1S/C12H20BNO2S/c1-11(2)12(3,4)16-13(15-11)9-6-10(7-14-5)17-8-9/h6,8,14H,7H2,1-5H3. The molecule has 1 N–H and O–H groups in total. The lowest BCUT2D eigenvalue weighted by Gasteiger charge is -2.32. The van der Waals surface area contributed by atoms with Crippen molar-refractivity contribution in [3.8, 4) is 0 Å². The molecule has 0 unspecified atom stereocenters. The molecule has 0 aliphatic carbocycles. The summed E-state index contributed by atoms with van der Waals surface area (Å²) in [7, 11) is 1.72. The number of nitrogens with one attached hydrogen (secondary N) is 1. The molecular weight excluding hydrogens is 233 g/mol. The number of thiophene rings is 1. The third kappa shape index (κ3) is 2.43. The topological polar surface area (TPSA) is 30.5 Å². The van der Waals surface area contributed by atoms with E-state index in [4.69, 9.17) is 9.31 Å². The summed E-state index contributed by atoms with van der Waals surface area (Å²) in [5.74, 6) is 0. The van der Waals surface area contributed by atoms with Crippen LogP contribution in [0.1, 0.15) is 32.6 Å². The van der Waals surface area contributed by atoms with Crippen LogP contribution < -0.4 is 10.8 Å². The van der Waals surface area contributed by atoms with Gasteiger partial charge in [0.1, 0.15) is 0 Å². The van der Waals surface area contributed by atoms with Crippen molar-refractivity contribution in [3.63, 3.8) is 0 Å². The molecule has 1 saturated heterocycles. The minimum Gasteiger partial charge on any atom is -0.399 e. The van der Waals surface area contributed by atoms with Crippen LogP contribution in [0.3, 0.4) is 0 Å². The first-order chi connectivity index (χ1) is 7.86. The van der Waals surface area contributed by atoms with Gasteiger partial charge in [0.15, 0.2) is 0 Å². The molecule has 3 nitrogen and oxygen atoms in total. The van der Waals surface area contributed by atoms with Crippen molar-refractivity contribution in [2.24, 2.45) is 0 Å². The molecule has 2 heterocycles. The third-order valence-electron chi connectivity index (χ3n) is 3.55. The molecule has 1 aliphatic rings. The maximum absolute atomic E-state index is 6.01. The van der Waals surface area contributed by atoms with E-state index in [-0.39, 0.29) is 18.3 Å². The van der Waals surface area contributed by atoms with Crippen molar-refractivity contribution in [2.75, 3.05) is 7.05 Å². The average molecular weight is 253 g/mol. The Morgan fingerprint density at radius 2 is 1.82 bits per heavy atom. The molecule has 0 amide bonds. The highest BCUT2D eigenvalue weighted by Crippen LogP contribution is 2.36. The van der Waals surface area contributed by atoms with Gasteiger partial charge < -0.3 is 14.6 Å². The minimum atomic E-state index is -0.261. The lowest BCUT2D eigenvalue weighted by atomic mass is 9.81. The smallest absolute Gasteiger partial charge is 0.399 e. The number of hydrogen-bond donors (Lipinski definition) is 1. The van der Waals surface area contributed by atoms with Gasteiger partial charge in [0.25, 0.3) is 0 Å². The van der Waals surface area contributed by atoms with Crippen molar-refractivity contribution in [3.05, 3.63) is 16.3 Å². The van der Waals surface area contributed by atoms with Gasteiger partial charge in [0, 0.05) is 11.4 Å². The molecule has 2 rings (SSSR count). The molecule has 5 heteroatoms. The van der Waals surface area contributed by atoms with Crippen LogP contribution in [0.15, 0.2) is 11.4 Å². The Bertz CT molecular complexity index is 387. The molecule has 17 heavy (non-hydrogen) atoms. The predicted molar refractivity (Wildman–Crippen MR) is 72.8 cm³/mol. The first kappa shape index (κ1) is 13.1. The summed E-state index contributed by atoms with van der Waals surface area (Å²) in [6, 6.07) is 2.16. The summed E-state index contributed by atoms with van der Waals surface area (Å²) in [5, 5.41) is 5.27. The lowest BCUT2D eigenvalue weighted by Crippen LogP contribution is -2.41. The number of hydrogen-bond acceptors (Lipinski definition) is 4.